The van der Waals surface area contributed by atoms with E-state index < -0.39 is 0 Å². The summed E-state index contributed by atoms with van der Waals surface area (Å²) in [4.78, 5) is 0. The van der Waals surface area contributed by atoms with Crippen molar-refractivity contribution in [2.45, 2.75) is 39.5 Å². The van der Waals surface area contributed by atoms with E-state index in [9.17, 15) is 0 Å². The van der Waals surface area contributed by atoms with Gasteiger partial charge in [-0.25, -0.2) is 0 Å². The van der Waals surface area contributed by atoms with Crippen molar-refractivity contribution in [2.75, 3.05) is 19.8 Å². The lowest BCUT2D eigenvalue weighted by Gasteiger charge is -2.27. The fourth-order valence-corrected chi connectivity index (χ4v) is 2.50. The molecule has 1 N–H and O–H groups in total. The molecule has 0 heterocycles. The predicted octanol–water partition coefficient (Wildman–Crippen LogP) is 3.37. The SMILES string of the molecule is CCNC(Cc1cccc(Br)c1)C(OCC)OCC. The van der Waals surface area contributed by atoms with Gasteiger partial charge in [0.25, 0.3) is 0 Å². The van der Waals surface area contributed by atoms with Gasteiger partial charge < -0.3 is 14.8 Å². The minimum absolute atomic E-state index is 0.166. The summed E-state index contributed by atoms with van der Waals surface area (Å²) in [6, 6.07) is 8.52. The third-order valence-electron chi connectivity index (χ3n) is 2.80. The highest BCUT2D eigenvalue weighted by Crippen LogP contribution is 2.15. The molecule has 1 atom stereocenters. The molecule has 0 aliphatic heterocycles. The lowest BCUT2D eigenvalue weighted by atomic mass is 10.1. The van der Waals surface area contributed by atoms with Gasteiger partial charge in [0.2, 0.25) is 0 Å². The van der Waals surface area contributed by atoms with E-state index in [0.29, 0.717) is 13.2 Å². The van der Waals surface area contributed by atoms with Crippen molar-refractivity contribution in [3.05, 3.63) is 34.3 Å². The molecule has 0 bridgehead atoms. The number of likely N-dealkylation sites (N-methyl/N-ethyl adjacent to an activating group) is 1. The maximum atomic E-state index is 5.70. The van der Waals surface area contributed by atoms with Crippen LogP contribution in [0.5, 0.6) is 0 Å². The molecular weight excluding hydrogens is 306 g/mol. The summed E-state index contributed by atoms with van der Waals surface area (Å²) in [5.41, 5.74) is 1.27. The number of benzene rings is 1. The van der Waals surface area contributed by atoms with Crippen molar-refractivity contribution >= 4 is 15.9 Å². The highest BCUT2D eigenvalue weighted by molar-refractivity contribution is 9.10. The van der Waals surface area contributed by atoms with Crippen molar-refractivity contribution in [3.8, 4) is 0 Å². The van der Waals surface area contributed by atoms with Crippen molar-refractivity contribution < 1.29 is 9.47 Å². The fraction of sp³-hybridized carbons (Fsp3) is 0.600. The summed E-state index contributed by atoms with van der Waals surface area (Å²) >= 11 is 3.51. The Morgan fingerprint density at radius 2 is 1.84 bits per heavy atom. The average Bonchev–Trinajstić information content (AvgIpc) is 2.38. The zero-order valence-electron chi connectivity index (χ0n) is 12.0. The number of hydrogen-bond donors (Lipinski definition) is 1. The summed E-state index contributed by atoms with van der Waals surface area (Å²) < 4.78 is 12.5. The Bertz CT molecular complexity index is 354. The van der Waals surface area contributed by atoms with Gasteiger partial charge in [-0.1, -0.05) is 35.0 Å². The van der Waals surface area contributed by atoms with E-state index in [4.69, 9.17) is 9.47 Å². The second-order valence-corrected chi connectivity index (χ2v) is 5.19. The third kappa shape index (κ3) is 6.04. The van der Waals surface area contributed by atoms with Crippen LogP contribution < -0.4 is 5.32 Å². The molecule has 0 aromatic heterocycles. The van der Waals surface area contributed by atoms with Crippen LogP contribution in [0.2, 0.25) is 0 Å². The lowest BCUT2D eigenvalue weighted by Crippen LogP contribution is -2.44. The first kappa shape index (κ1) is 16.6. The van der Waals surface area contributed by atoms with Crippen LogP contribution in [0, 0.1) is 0 Å². The van der Waals surface area contributed by atoms with Gasteiger partial charge in [-0.05, 0) is 44.5 Å². The van der Waals surface area contributed by atoms with Gasteiger partial charge in [0.15, 0.2) is 6.29 Å². The Balaban J connectivity index is 2.74. The van der Waals surface area contributed by atoms with Crippen LogP contribution in [-0.4, -0.2) is 32.1 Å². The Labute approximate surface area is 124 Å². The van der Waals surface area contributed by atoms with Crippen LogP contribution in [-0.2, 0) is 15.9 Å². The van der Waals surface area contributed by atoms with Gasteiger partial charge in [-0.15, -0.1) is 0 Å². The molecule has 0 aliphatic rings. The molecular formula is C15H24BrNO2. The smallest absolute Gasteiger partial charge is 0.172 e. The largest absolute Gasteiger partial charge is 0.351 e. The van der Waals surface area contributed by atoms with E-state index >= 15 is 0 Å². The Kier molecular flexibility index (Phi) is 8.30. The van der Waals surface area contributed by atoms with Gasteiger partial charge in [-0.2, -0.15) is 0 Å². The first-order valence-electron chi connectivity index (χ1n) is 6.92. The number of hydrogen-bond acceptors (Lipinski definition) is 3. The molecule has 3 nitrogen and oxygen atoms in total. The summed E-state index contributed by atoms with van der Waals surface area (Å²) in [5.74, 6) is 0. The van der Waals surface area contributed by atoms with Gasteiger partial charge in [0.1, 0.15) is 0 Å². The normalized spacial score (nSPS) is 12.9. The maximum Gasteiger partial charge on any atom is 0.172 e. The Morgan fingerprint density at radius 1 is 1.16 bits per heavy atom. The summed E-state index contributed by atoms with van der Waals surface area (Å²) in [6.07, 6.45) is 0.687. The second kappa shape index (κ2) is 9.48. The van der Waals surface area contributed by atoms with E-state index in [1.54, 1.807) is 0 Å². The summed E-state index contributed by atoms with van der Waals surface area (Å²) in [6.45, 7) is 8.30. The number of rotatable bonds is 9. The molecule has 0 spiro atoms. The highest BCUT2D eigenvalue weighted by atomic mass is 79.9. The van der Waals surface area contributed by atoms with Gasteiger partial charge in [0, 0.05) is 17.7 Å². The van der Waals surface area contributed by atoms with Gasteiger partial charge in [0.05, 0.1) is 6.04 Å². The Morgan fingerprint density at radius 3 is 2.37 bits per heavy atom. The number of halogens is 1. The van der Waals surface area contributed by atoms with Crippen LogP contribution in [0.1, 0.15) is 26.3 Å². The van der Waals surface area contributed by atoms with Crippen LogP contribution in [0.25, 0.3) is 0 Å². The molecule has 19 heavy (non-hydrogen) atoms. The van der Waals surface area contributed by atoms with Gasteiger partial charge >= 0.3 is 0 Å². The van der Waals surface area contributed by atoms with Gasteiger partial charge in [-0.3, -0.25) is 0 Å². The maximum absolute atomic E-state index is 5.70. The molecule has 1 rings (SSSR count). The van der Waals surface area contributed by atoms with Crippen LogP contribution in [0.3, 0.4) is 0 Å². The van der Waals surface area contributed by atoms with Crippen molar-refractivity contribution in [1.29, 1.82) is 0 Å². The van der Waals surface area contributed by atoms with Crippen LogP contribution in [0.4, 0.5) is 0 Å². The molecule has 1 aromatic carbocycles. The van der Waals surface area contributed by atoms with E-state index in [1.807, 2.05) is 19.9 Å². The zero-order chi connectivity index (χ0) is 14.1. The minimum Gasteiger partial charge on any atom is -0.351 e. The van der Waals surface area contributed by atoms with E-state index in [2.05, 4.69) is 46.4 Å². The molecule has 0 fully saturated rings. The first-order valence-corrected chi connectivity index (χ1v) is 7.71. The summed E-state index contributed by atoms with van der Waals surface area (Å²) in [5, 5.41) is 3.45. The first-order chi connectivity index (χ1) is 9.21. The molecule has 0 saturated carbocycles. The minimum atomic E-state index is -0.200. The molecule has 0 radical (unpaired) electrons. The number of ether oxygens (including phenoxy) is 2. The lowest BCUT2D eigenvalue weighted by molar-refractivity contribution is -0.153. The molecule has 1 aromatic rings. The molecule has 0 amide bonds. The predicted molar refractivity (Wildman–Crippen MR) is 82.4 cm³/mol. The monoisotopic (exact) mass is 329 g/mol. The number of nitrogens with one attached hydrogen (secondary N) is 1. The topological polar surface area (TPSA) is 30.5 Å². The van der Waals surface area contributed by atoms with Crippen molar-refractivity contribution in [1.82, 2.24) is 5.32 Å². The standard InChI is InChI=1S/C15H24BrNO2/c1-4-17-14(15(18-5-2)19-6-3)11-12-8-7-9-13(16)10-12/h7-10,14-15,17H,4-6,11H2,1-3H3. The molecule has 0 saturated heterocycles. The summed E-state index contributed by atoms with van der Waals surface area (Å²) in [7, 11) is 0. The molecule has 0 aliphatic carbocycles. The Hall–Kier alpha value is -0.420. The quantitative estimate of drug-likeness (QED) is 0.704. The van der Waals surface area contributed by atoms with E-state index in [1.165, 1.54) is 5.56 Å². The van der Waals surface area contributed by atoms with Crippen LogP contribution in [0.15, 0.2) is 28.7 Å². The third-order valence-corrected chi connectivity index (χ3v) is 3.29. The van der Waals surface area contributed by atoms with Crippen molar-refractivity contribution in [3.63, 3.8) is 0 Å². The van der Waals surface area contributed by atoms with E-state index in [-0.39, 0.29) is 12.3 Å². The average molecular weight is 330 g/mol. The van der Waals surface area contributed by atoms with E-state index in [0.717, 1.165) is 17.4 Å². The second-order valence-electron chi connectivity index (χ2n) is 4.28. The fourth-order valence-electron chi connectivity index (χ4n) is 2.05. The highest BCUT2D eigenvalue weighted by Gasteiger charge is 2.21. The molecule has 1 unspecified atom stereocenters. The van der Waals surface area contributed by atoms with Crippen molar-refractivity contribution in [2.24, 2.45) is 0 Å². The zero-order valence-corrected chi connectivity index (χ0v) is 13.6. The molecule has 4 heteroatoms. The molecule has 108 valence electrons. The van der Waals surface area contributed by atoms with Crippen LogP contribution >= 0.6 is 15.9 Å².